The van der Waals surface area contributed by atoms with E-state index in [1.807, 2.05) is 0 Å². The number of nitrogen functional groups attached to an aromatic ring is 1. The largest absolute Gasteiger partial charge is 0.384 e. The molecule has 3 rings (SSSR count). The van der Waals surface area contributed by atoms with Crippen LogP contribution in [-0.4, -0.2) is 29.3 Å². The molecule has 2 heterocycles. The molecule has 0 aliphatic carbocycles. The van der Waals surface area contributed by atoms with Crippen LogP contribution in [0.1, 0.15) is 32.7 Å². The quantitative estimate of drug-likeness (QED) is 0.675. The first-order valence-electron chi connectivity index (χ1n) is 7.64. The van der Waals surface area contributed by atoms with Crippen LogP contribution in [0, 0.1) is 0 Å². The minimum Gasteiger partial charge on any atom is -0.384 e. The Bertz CT molecular complexity index is 962. The van der Waals surface area contributed by atoms with Gasteiger partial charge < -0.3 is 11.1 Å². The zero-order chi connectivity index (χ0) is 18.1. The topological polar surface area (TPSA) is 123 Å². The molecule has 1 aromatic heterocycles. The summed E-state index contributed by atoms with van der Waals surface area (Å²) >= 11 is 0. The summed E-state index contributed by atoms with van der Waals surface area (Å²) in [5.41, 5.74) is 6.69. The monoisotopic (exact) mass is 340 g/mol. The highest BCUT2D eigenvalue weighted by molar-refractivity contribution is 6.23. The first-order valence-corrected chi connectivity index (χ1v) is 7.64. The van der Waals surface area contributed by atoms with Gasteiger partial charge in [-0.15, -0.1) is 0 Å². The molecule has 1 aliphatic rings. The summed E-state index contributed by atoms with van der Waals surface area (Å²) in [6.45, 7) is 0. The SMILES string of the molecule is CNC(=O)CCc1ccccc1-n1c(N)c2c(cc1=O)C(=O)NC2=O. The van der Waals surface area contributed by atoms with E-state index in [4.69, 9.17) is 5.73 Å². The third kappa shape index (κ3) is 2.78. The van der Waals surface area contributed by atoms with E-state index in [2.05, 4.69) is 10.6 Å². The fourth-order valence-electron chi connectivity index (χ4n) is 2.84. The van der Waals surface area contributed by atoms with Crippen LogP contribution in [0.5, 0.6) is 0 Å². The molecule has 1 aliphatic heterocycles. The average molecular weight is 340 g/mol. The van der Waals surface area contributed by atoms with Crippen molar-refractivity contribution < 1.29 is 14.4 Å². The second kappa shape index (κ2) is 6.23. The summed E-state index contributed by atoms with van der Waals surface area (Å²) in [7, 11) is 1.55. The number of hydrogen-bond donors (Lipinski definition) is 3. The van der Waals surface area contributed by atoms with Crippen molar-refractivity contribution >= 4 is 23.5 Å². The lowest BCUT2D eigenvalue weighted by Gasteiger charge is -2.15. The van der Waals surface area contributed by atoms with Gasteiger partial charge in [-0.3, -0.25) is 29.1 Å². The Morgan fingerprint density at radius 3 is 2.64 bits per heavy atom. The van der Waals surface area contributed by atoms with Crippen molar-refractivity contribution in [2.75, 3.05) is 12.8 Å². The summed E-state index contributed by atoms with van der Waals surface area (Å²) in [6.07, 6.45) is 0.635. The third-order valence-electron chi connectivity index (χ3n) is 4.09. The predicted molar refractivity (Wildman–Crippen MR) is 90.6 cm³/mol. The molecule has 128 valence electrons. The Balaban J connectivity index is 2.14. The molecule has 1 aromatic carbocycles. The van der Waals surface area contributed by atoms with Crippen LogP contribution in [0.15, 0.2) is 35.1 Å². The summed E-state index contributed by atoms with van der Waals surface area (Å²) in [6, 6.07) is 8.07. The molecular formula is C17H16N4O4. The van der Waals surface area contributed by atoms with Crippen LogP contribution in [-0.2, 0) is 11.2 Å². The highest BCUT2D eigenvalue weighted by Gasteiger charge is 2.32. The van der Waals surface area contributed by atoms with E-state index in [-0.39, 0.29) is 29.3 Å². The van der Waals surface area contributed by atoms with Gasteiger partial charge in [0.2, 0.25) is 5.91 Å². The van der Waals surface area contributed by atoms with E-state index in [9.17, 15) is 19.2 Å². The van der Waals surface area contributed by atoms with Gasteiger partial charge in [-0.2, -0.15) is 0 Å². The Kier molecular flexibility index (Phi) is 4.10. The molecule has 0 atom stereocenters. The number of amides is 3. The first kappa shape index (κ1) is 16.4. The number of nitrogens with zero attached hydrogens (tertiary/aromatic N) is 1. The van der Waals surface area contributed by atoms with Crippen LogP contribution in [0.25, 0.3) is 5.69 Å². The molecule has 0 saturated carbocycles. The second-order valence-electron chi connectivity index (χ2n) is 5.58. The number of hydrogen-bond acceptors (Lipinski definition) is 5. The van der Waals surface area contributed by atoms with Gasteiger partial charge >= 0.3 is 0 Å². The van der Waals surface area contributed by atoms with Crippen molar-refractivity contribution in [1.29, 1.82) is 0 Å². The molecule has 0 bridgehead atoms. The normalized spacial score (nSPS) is 12.7. The number of fused-ring (bicyclic) bond motifs is 1. The minimum absolute atomic E-state index is 0.00861. The molecule has 8 heteroatoms. The molecule has 4 N–H and O–H groups in total. The Labute approximate surface area is 142 Å². The number of anilines is 1. The van der Waals surface area contributed by atoms with Crippen molar-refractivity contribution in [3.63, 3.8) is 0 Å². The summed E-state index contributed by atoms with van der Waals surface area (Å²) in [5.74, 6) is -1.50. The smallest absolute Gasteiger partial charge is 0.262 e. The number of carbonyl (C=O) groups excluding carboxylic acids is 3. The highest BCUT2D eigenvalue weighted by atomic mass is 16.2. The maximum Gasteiger partial charge on any atom is 0.262 e. The number of rotatable bonds is 4. The van der Waals surface area contributed by atoms with Crippen LogP contribution in [0.3, 0.4) is 0 Å². The van der Waals surface area contributed by atoms with E-state index in [1.165, 1.54) is 4.57 Å². The van der Waals surface area contributed by atoms with Gasteiger partial charge in [0.1, 0.15) is 5.82 Å². The van der Waals surface area contributed by atoms with Crippen molar-refractivity contribution in [2.45, 2.75) is 12.8 Å². The Morgan fingerprint density at radius 1 is 1.20 bits per heavy atom. The maximum atomic E-state index is 12.5. The predicted octanol–water partition coefficient (Wildman–Crippen LogP) is -0.0181. The van der Waals surface area contributed by atoms with Gasteiger partial charge in [0.05, 0.1) is 16.8 Å². The number of aryl methyl sites for hydroxylation is 1. The van der Waals surface area contributed by atoms with Gasteiger partial charge in [0, 0.05) is 19.5 Å². The third-order valence-corrected chi connectivity index (χ3v) is 4.09. The molecule has 3 amide bonds. The second-order valence-corrected chi connectivity index (χ2v) is 5.58. The maximum absolute atomic E-state index is 12.5. The highest BCUT2D eigenvalue weighted by Crippen LogP contribution is 2.24. The van der Waals surface area contributed by atoms with E-state index in [1.54, 1.807) is 31.3 Å². The summed E-state index contributed by atoms with van der Waals surface area (Å²) in [4.78, 5) is 47.7. The van der Waals surface area contributed by atoms with Crippen LogP contribution >= 0.6 is 0 Å². The number of benzene rings is 1. The van der Waals surface area contributed by atoms with Crippen molar-refractivity contribution in [1.82, 2.24) is 15.2 Å². The lowest BCUT2D eigenvalue weighted by molar-refractivity contribution is -0.120. The van der Waals surface area contributed by atoms with Crippen LogP contribution in [0.4, 0.5) is 5.82 Å². The Hall–Kier alpha value is -3.42. The zero-order valence-corrected chi connectivity index (χ0v) is 13.5. The molecule has 0 spiro atoms. The number of carbonyl (C=O) groups is 3. The lowest BCUT2D eigenvalue weighted by atomic mass is 10.1. The van der Waals surface area contributed by atoms with E-state index in [0.717, 1.165) is 11.6 Å². The van der Waals surface area contributed by atoms with Crippen molar-refractivity contribution in [3.8, 4) is 5.69 Å². The number of imide groups is 1. The molecule has 2 aromatic rings. The van der Waals surface area contributed by atoms with E-state index >= 15 is 0 Å². The number of nitrogens with two attached hydrogens (primary N) is 1. The molecule has 0 fully saturated rings. The fourth-order valence-corrected chi connectivity index (χ4v) is 2.84. The standard InChI is InChI=1S/C17H16N4O4/c1-19-12(22)7-6-9-4-2-3-5-11(9)21-13(23)8-10-14(15(21)18)17(25)20-16(10)24/h2-5,8H,6-7,18H2,1H3,(H,19,22)(H,20,24,25). The Morgan fingerprint density at radius 2 is 1.92 bits per heavy atom. The van der Waals surface area contributed by atoms with Crippen molar-refractivity contribution in [3.05, 3.63) is 57.4 Å². The molecule has 25 heavy (non-hydrogen) atoms. The van der Waals surface area contributed by atoms with Crippen LogP contribution < -0.4 is 21.9 Å². The van der Waals surface area contributed by atoms with E-state index in [0.29, 0.717) is 12.1 Å². The number of pyridine rings is 1. The molecule has 0 saturated heterocycles. The van der Waals surface area contributed by atoms with Crippen LogP contribution in [0.2, 0.25) is 0 Å². The lowest BCUT2D eigenvalue weighted by Crippen LogP contribution is -2.25. The molecule has 8 nitrogen and oxygen atoms in total. The average Bonchev–Trinajstić information content (AvgIpc) is 2.87. The van der Waals surface area contributed by atoms with Crippen molar-refractivity contribution in [2.24, 2.45) is 0 Å². The van der Waals surface area contributed by atoms with E-state index < -0.39 is 17.4 Å². The zero-order valence-electron chi connectivity index (χ0n) is 13.5. The number of nitrogens with one attached hydrogen (secondary N) is 2. The summed E-state index contributed by atoms with van der Waals surface area (Å²) in [5, 5.41) is 4.67. The van der Waals surface area contributed by atoms with Gasteiger partial charge in [0.15, 0.2) is 0 Å². The molecule has 0 unspecified atom stereocenters. The fraction of sp³-hybridized carbons (Fsp3) is 0.176. The number of aromatic nitrogens is 1. The summed E-state index contributed by atoms with van der Waals surface area (Å²) < 4.78 is 1.19. The van der Waals surface area contributed by atoms with Gasteiger partial charge in [-0.25, -0.2) is 0 Å². The van der Waals surface area contributed by atoms with Gasteiger partial charge in [-0.05, 0) is 18.1 Å². The minimum atomic E-state index is -0.635. The first-order chi connectivity index (χ1) is 11.9. The van der Waals surface area contributed by atoms with Gasteiger partial charge in [-0.1, -0.05) is 18.2 Å². The molecule has 0 radical (unpaired) electrons. The number of para-hydroxylation sites is 1. The van der Waals surface area contributed by atoms with Gasteiger partial charge in [0.25, 0.3) is 17.4 Å². The molecular weight excluding hydrogens is 324 g/mol.